The van der Waals surface area contributed by atoms with Crippen LogP contribution in [-0.4, -0.2) is 85.5 Å². The number of amides is 1. The van der Waals surface area contributed by atoms with E-state index in [4.69, 9.17) is 14.7 Å². The molecule has 2 N–H and O–H groups in total. The molecule has 0 aliphatic carbocycles. The van der Waals surface area contributed by atoms with Crippen LogP contribution in [0.2, 0.25) is 0 Å². The minimum atomic E-state index is -4.08. The Balaban J connectivity index is 1.98. The van der Waals surface area contributed by atoms with E-state index in [-0.39, 0.29) is 43.4 Å². The van der Waals surface area contributed by atoms with Crippen molar-refractivity contribution in [2.75, 3.05) is 33.4 Å². The number of ether oxygens (including phenoxy) is 2. The highest BCUT2D eigenvalue weighted by Gasteiger charge is 2.39. The van der Waals surface area contributed by atoms with Gasteiger partial charge < -0.3 is 19.7 Å². The number of hydrogen-bond acceptors (Lipinski definition) is 7. The average molecular weight is 574 g/mol. The third kappa shape index (κ3) is 8.17. The van der Waals surface area contributed by atoms with E-state index >= 15 is 0 Å². The number of sulfonamides is 1. The number of aliphatic hydroxyl groups is 1. The zero-order chi connectivity index (χ0) is 29.1. The van der Waals surface area contributed by atoms with Gasteiger partial charge in [0.05, 0.1) is 42.9 Å². The van der Waals surface area contributed by atoms with Gasteiger partial charge in [-0.3, -0.25) is 4.90 Å². The molecule has 0 bridgehead atoms. The van der Waals surface area contributed by atoms with Crippen LogP contribution < -0.4 is 4.74 Å². The summed E-state index contributed by atoms with van der Waals surface area (Å²) in [5, 5.41) is 31.0. The van der Waals surface area contributed by atoms with Crippen molar-refractivity contribution in [2.24, 2.45) is 5.92 Å². The second-order valence-corrected chi connectivity index (χ2v) is 11.9. The van der Waals surface area contributed by atoms with Crippen LogP contribution in [0, 0.1) is 17.2 Å². The number of nitrogens with zero attached hydrogens (tertiary/aromatic N) is 3. The number of benzene rings is 2. The van der Waals surface area contributed by atoms with Crippen LogP contribution in [0.4, 0.5) is 4.79 Å². The highest BCUT2D eigenvalue weighted by Crippen LogP contribution is 2.26. The lowest BCUT2D eigenvalue weighted by Crippen LogP contribution is -2.56. The van der Waals surface area contributed by atoms with Crippen LogP contribution >= 0.6 is 0 Å². The van der Waals surface area contributed by atoms with Gasteiger partial charge in [0.1, 0.15) is 5.75 Å². The summed E-state index contributed by atoms with van der Waals surface area (Å²) < 4.78 is 39.6. The third-order valence-electron chi connectivity index (χ3n) is 7.40. The molecule has 1 unspecified atom stereocenters. The zero-order valence-corrected chi connectivity index (χ0v) is 23.9. The quantitative estimate of drug-likeness (QED) is 0.328. The van der Waals surface area contributed by atoms with Crippen molar-refractivity contribution in [2.45, 2.75) is 62.1 Å². The Bertz CT molecular complexity index is 1210. The highest BCUT2D eigenvalue weighted by molar-refractivity contribution is 7.89. The number of hydrogen-bond donors (Lipinski definition) is 2. The van der Waals surface area contributed by atoms with Crippen molar-refractivity contribution in [3.8, 4) is 11.8 Å². The number of aliphatic hydroxyl groups excluding tert-OH is 1. The summed E-state index contributed by atoms with van der Waals surface area (Å²) in [6.07, 6.45) is -0.412. The van der Waals surface area contributed by atoms with Gasteiger partial charge in [0.25, 0.3) is 0 Å². The molecule has 218 valence electrons. The number of methoxy groups -OCH3 is 1. The molecule has 1 heterocycles. The van der Waals surface area contributed by atoms with Crippen molar-refractivity contribution in [3.05, 3.63) is 60.2 Å². The summed E-state index contributed by atoms with van der Waals surface area (Å²) in [7, 11) is -2.59. The molecule has 11 heteroatoms. The molecule has 40 heavy (non-hydrogen) atoms. The molecule has 1 aliphatic rings. The maximum atomic E-state index is 13.9. The Morgan fingerprint density at radius 1 is 1.18 bits per heavy atom. The predicted octanol–water partition coefficient (Wildman–Crippen LogP) is 3.76. The van der Waals surface area contributed by atoms with Gasteiger partial charge in [0.15, 0.2) is 0 Å². The summed E-state index contributed by atoms with van der Waals surface area (Å²) in [6, 6.07) is 16.0. The second kappa shape index (κ2) is 15.0. The van der Waals surface area contributed by atoms with E-state index in [1.54, 1.807) is 12.1 Å². The second-order valence-electron chi connectivity index (χ2n) is 10.0. The summed E-state index contributed by atoms with van der Waals surface area (Å²) in [5.74, 6) is 0.385. The first-order chi connectivity index (χ1) is 19.2. The Kier molecular flexibility index (Phi) is 11.8. The Hall–Kier alpha value is -3.17. The van der Waals surface area contributed by atoms with Crippen LogP contribution in [0.25, 0.3) is 0 Å². The topological polar surface area (TPSA) is 140 Å². The zero-order valence-electron chi connectivity index (χ0n) is 23.1. The SMILES string of the molecule is CCC(CCC#N)CN(C[C@@H](O)[C@H](Cc1ccccc1)N(C(=O)O)[C@H]1CCOC1)S(=O)(=O)c1ccc(OC)cc1. The lowest BCUT2D eigenvalue weighted by Gasteiger charge is -2.38. The average Bonchev–Trinajstić information content (AvgIpc) is 3.49. The van der Waals surface area contributed by atoms with Crippen LogP contribution in [0.15, 0.2) is 59.5 Å². The van der Waals surface area contributed by atoms with Gasteiger partial charge in [-0.2, -0.15) is 9.57 Å². The standard InChI is InChI=1S/C29H39N3O7S/c1-3-22(10-7-16-30)19-31(40(36,37)26-13-11-25(38-2)12-14-26)20-28(33)27(18-23-8-5-4-6-9-23)32(29(34)35)24-15-17-39-21-24/h4-6,8-9,11-14,22,24,27-28,33H,3,7,10,15,17-21H2,1-2H3,(H,34,35)/t22?,24-,27-,28+/m0/s1. The van der Waals surface area contributed by atoms with E-state index in [1.807, 2.05) is 37.3 Å². The van der Waals surface area contributed by atoms with Gasteiger partial charge in [0, 0.05) is 26.1 Å². The molecule has 0 saturated carbocycles. The number of nitriles is 1. The predicted molar refractivity (Wildman–Crippen MR) is 149 cm³/mol. The van der Waals surface area contributed by atoms with E-state index < -0.39 is 34.3 Å². The van der Waals surface area contributed by atoms with Crippen molar-refractivity contribution in [1.29, 1.82) is 5.26 Å². The number of carboxylic acid groups (broad SMARTS) is 1. The lowest BCUT2D eigenvalue weighted by atomic mass is 9.97. The molecule has 3 rings (SSSR count). The van der Waals surface area contributed by atoms with Crippen LogP contribution in [0.5, 0.6) is 5.75 Å². The monoisotopic (exact) mass is 573 g/mol. The van der Waals surface area contributed by atoms with Crippen molar-refractivity contribution in [1.82, 2.24) is 9.21 Å². The van der Waals surface area contributed by atoms with E-state index in [0.29, 0.717) is 31.6 Å². The molecule has 2 aromatic rings. The fourth-order valence-corrected chi connectivity index (χ4v) is 6.60. The molecule has 1 fully saturated rings. The summed E-state index contributed by atoms with van der Waals surface area (Å²) in [5.41, 5.74) is 0.821. The Morgan fingerprint density at radius 3 is 2.42 bits per heavy atom. The fraction of sp³-hybridized carbons (Fsp3) is 0.517. The Morgan fingerprint density at radius 2 is 1.88 bits per heavy atom. The van der Waals surface area contributed by atoms with E-state index in [2.05, 4.69) is 6.07 Å². The minimum Gasteiger partial charge on any atom is -0.497 e. The molecule has 1 saturated heterocycles. The molecule has 2 aromatic carbocycles. The number of carbonyl (C=O) groups is 1. The fourth-order valence-electron chi connectivity index (χ4n) is 5.06. The summed E-state index contributed by atoms with van der Waals surface area (Å²) >= 11 is 0. The van der Waals surface area contributed by atoms with E-state index in [1.165, 1.54) is 28.4 Å². The van der Waals surface area contributed by atoms with E-state index in [0.717, 1.165) is 5.56 Å². The first kappa shape index (κ1) is 31.4. The molecular weight excluding hydrogens is 534 g/mol. The first-order valence-corrected chi connectivity index (χ1v) is 15.0. The van der Waals surface area contributed by atoms with Gasteiger partial charge in [-0.15, -0.1) is 0 Å². The van der Waals surface area contributed by atoms with Gasteiger partial charge >= 0.3 is 6.09 Å². The summed E-state index contributed by atoms with van der Waals surface area (Å²) in [6.45, 7) is 2.33. The molecule has 0 radical (unpaired) electrons. The highest BCUT2D eigenvalue weighted by atomic mass is 32.2. The van der Waals surface area contributed by atoms with Gasteiger partial charge in [-0.1, -0.05) is 43.7 Å². The minimum absolute atomic E-state index is 0.0366. The normalized spacial score (nSPS) is 17.6. The van der Waals surface area contributed by atoms with Gasteiger partial charge in [-0.05, 0) is 55.0 Å². The maximum Gasteiger partial charge on any atom is 0.407 e. The maximum absolute atomic E-state index is 13.9. The molecule has 1 amide bonds. The molecule has 4 atom stereocenters. The number of rotatable bonds is 15. The van der Waals surface area contributed by atoms with Gasteiger partial charge in [-0.25, -0.2) is 13.2 Å². The molecule has 10 nitrogen and oxygen atoms in total. The van der Waals surface area contributed by atoms with Crippen molar-refractivity contribution < 1.29 is 32.9 Å². The molecule has 0 aromatic heterocycles. The van der Waals surface area contributed by atoms with Gasteiger partial charge in [0.2, 0.25) is 10.0 Å². The van der Waals surface area contributed by atoms with Crippen molar-refractivity contribution >= 4 is 16.1 Å². The Labute approximate surface area is 236 Å². The van der Waals surface area contributed by atoms with E-state index in [9.17, 15) is 23.4 Å². The van der Waals surface area contributed by atoms with Crippen LogP contribution in [-0.2, 0) is 21.2 Å². The lowest BCUT2D eigenvalue weighted by molar-refractivity contribution is 0.0158. The smallest absolute Gasteiger partial charge is 0.407 e. The molecule has 0 spiro atoms. The van der Waals surface area contributed by atoms with Crippen LogP contribution in [0.1, 0.15) is 38.2 Å². The molecular formula is C29H39N3O7S. The first-order valence-electron chi connectivity index (χ1n) is 13.5. The molecule has 1 aliphatic heterocycles. The summed E-state index contributed by atoms with van der Waals surface area (Å²) in [4.78, 5) is 13.8. The largest absolute Gasteiger partial charge is 0.497 e. The third-order valence-corrected chi connectivity index (χ3v) is 9.25. The van der Waals surface area contributed by atoms with Crippen LogP contribution in [0.3, 0.4) is 0 Å². The van der Waals surface area contributed by atoms with Crippen molar-refractivity contribution in [3.63, 3.8) is 0 Å².